The van der Waals surface area contributed by atoms with Crippen molar-refractivity contribution in [1.29, 1.82) is 0 Å². The molecule has 0 unspecified atom stereocenters. The summed E-state index contributed by atoms with van der Waals surface area (Å²) in [4.78, 5) is 113. The molecule has 5 aliphatic rings. The van der Waals surface area contributed by atoms with E-state index in [1.165, 1.54) is 58.4 Å². The number of nitrogens with one attached hydrogen (secondary N) is 2. The van der Waals surface area contributed by atoms with Crippen LogP contribution in [0.1, 0.15) is 121 Å². The Kier molecular flexibility index (Phi) is 34.5. The number of halogens is 3. The second kappa shape index (κ2) is 40.0. The van der Waals surface area contributed by atoms with E-state index in [0.717, 1.165) is 40.9 Å². The monoisotopic (exact) mass is 1690 g/mol. The standard InChI is InChI=1S/C36H42N8O4.C17H20ClN5O3.C12H17N3O2.C5H4BrClN2O.6H2S/c1-7-25-26(10-11-37-32(25)43-13-12-42-29(35(43)47)14-24-16-36(4,5)17-30(24)42)27-15-28(34(46)41(6)40-27)39-31-9-8-23(18-38-31)33(45)44-21(2)19-48-20-22(44)3;1-10-8-26-9-11(2)23(10)16(24)12-4-5-15(19-7-12)20-13-6-14(18)21-22(3)17(13)25;1-8-6-17-7-9(2)15(8)12(16)10-3-4-11(13)14-5-10;1-9-5(10)3(6)2-4(7)8-9;;;;;;/h8-11,14-15,18,21-22H,7,12-13,16-17,19-20H2,1-6H3,(H,38,39);4-7,10-11H,8-9H2,1-3H3,(H,19,20);3-5,8-9H,6-7H2,1-2H3,(H2,13,14);2H,1H3;6*1H2/t21-,22-;10-,11-;8-,9-;;;;;;;/m000......./s1. The lowest BCUT2D eigenvalue weighted by Gasteiger charge is -2.38. The number of amides is 4. The number of ether oxygens (including phenoxy) is 3. The molecule has 13 rings (SSSR count). The van der Waals surface area contributed by atoms with Gasteiger partial charge in [-0.15, -0.1) is 0 Å². The summed E-state index contributed by atoms with van der Waals surface area (Å²) in [5.41, 5.74) is 12.5. The van der Waals surface area contributed by atoms with E-state index in [-0.39, 0.29) is 179 Å². The molecule has 6 atom stereocenters. The zero-order chi connectivity index (χ0) is 72.9. The minimum absolute atomic E-state index is 0. The fourth-order valence-electron chi connectivity index (χ4n) is 13.1. The first-order valence-corrected chi connectivity index (χ1v) is 34.7. The van der Waals surface area contributed by atoms with E-state index in [9.17, 15) is 33.6 Å². The molecule has 8 aromatic rings. The Labute approximate surface area is 681 Å². The number of nitrogens with zero attached hydrogens (tertiary/aromatic N) is 15. The Balaban J connectivity index is 0.000000344. The topological polar surface area (TPSA) is 320 Å². The lowest BCUT2D eigenvalue weighted by atomic mass is 9.90. The molecule has 3 saturated heterocycles. The number of hydrogen-bond donors (Lipinski definition) is 3. The Hall–Kier alpha value is -7.16. The van der Waals surface area contributed by atoms with Gasteiger partial charge in [0.25, 0.3) is 40.3 Å². The van der Waals surface area contributed by atoms with Gasteiger partial charge in [-0.2, -0.15) is 96.3 Å². The minimum Gasteiger partial charge on any atom is -0.384 e. The van der Waals surface area contributed by atoms with Crippen molar-refractivity contribution in [2.75, 3.05) is 67.5 Å². The number of carbonyl (C=O) groups is 4. The van der Waals surface area contributed by atoms with Crippen LogP contribution in [0, 0.1) is 5.41 Å². The summed E-state index contributed by atoms with van der Waals surface area (Å²) in [7, 11) is 4.66. The Morgan fingerprint density at radius 3 is 1.42 bits per heavy atom. The van der Waals surface area contributed by atoms with Gasteiger partial charge in [-0.05, 0) is 148 Å². The van der Waals surface area contributed by atoms with Crippen LogP contribution in [0.15, 0.2) is 110 Å². The van der Waals surface area contributed by atoms with Gasteiger partial charge in [-0.25, -0.2) is 34.0 Å². The molecule has 12 heterocycles. The van der Waals surface area contributed by atoms with Gasteiger partial charge in [0.05, 0.1) is 103 Å². The third kappa shape index (κ3) is 21.5. The van der Waals surface area contributed by atoms with Crippen LogP contribution in [0.5, 0.6) is 0 Å². The average Bonchev–Trinajstić information content (AvgIpc) is 1.61. The van der Waals surface area contributed by atoms with Crippen LogP contribution in [-0.4, -0.2) is 175 Å². The summed E-state index contributed by atoms with van der Waals surface area (Å²) in [6, 6.07) is 18.7. The molecule has 4 aliphatic heterocycles. The number of nitrogens with two attached hydrogens (primary N) is 1. The maximum absolute atomic E-state index is 13.9. The van der Waals surface area contributed by atoms with Crippen LogP contribution < -0.4 is 37.9 Å². The van der Waals surface area contributed by atoms with E-state index in [1.54, 1.807) is 67.7 Å². The largest absolute Gasteiger partial charge is 0.384 e. The van der Waals surface area contributed by atoms with Crippen LogP contribution in [0.3, 0.4) is 0 Å². The van der Waals surface area contributed by atoms with Gasteiger partial charge in [0.15, 0.2) is 10.3 Å². The normalized spacial score (nSPS) is 18.7. The number of anilines is 6. The lowest BCUT2D eigenvalue weighted by molar-refractivity contribution is -0.0251. The van der Waals surface area contributed by atoms with Gasteiger partial charge in [0.1, 0.15) is 40.3 Å². The van der Waals surface area contributed by atoms with Gasteiger partial charge < -0.3 is 49.8 Å². The number of carbonyl (C=O) groups excluding carboxylic acids is 4. The van der Waals surface area contributed by atoms with E-state index in [1.807, 2.05) is 69.2 Å². The quantitative estimate of drug-likeness (QED) is 0.115. The van der Waals surface area contributed by atoms with Crippen molar-refractivity contribution < 1.29 is 33.4 Å². The van der Waals surface area contributed by atoms with Crippen molar-refractivity contribution in [1.82, 2.24) is 68.5 Å². The molecule has 8 aromatic heterocycles. The molecular weight excluding hydrogens is 1600 g/mol. The molecule has 0 bridgehead atoms. The zero-order valence-electron chi connectivity index (χ0n) is 61.4. The van der Waals surface area contributed by atoms with Crippen molar-refractivity contribution in [2.24, 2.45) is 26.6 Å². The number of nitrogen functional groups attached to an aromatic ring is 1. The van der Waals surface area contributed by atoms with Gasteiger partial charge >= 0.3 is 0 Å². The van der Waals surface area contributed by atoms with Crippen molar-refractivity contribution in [3.8, 4) is 11.3 Å². The zero-order valence-corrected chi connectivity index (χ0v) is 70.5. The van der Waals surface area contributed by atoms with E-state index in [0.29, 0.717) is 108 Å². The number of rotatable bonds is 10. The van der Waals surface area contributed by atoms with Crippen molar-refractivity contribution in [3.05, 3.63) is 177 Å². The third-order valence-corrected chi connectivity index (χ3v) is 18.9. The molecule has 28 nitrogen and oxygen atoms in total. The highest BCUT2D eigenvalue weighted by molar-refractivity contribution is 9.10. The lowest BCUT2D eigenvalue weighted by Crippen LogP contribution is -2.52. The summed E-state index contributed by atoms with van der Waals surface area (Å²) in [6.45, 7) is 22.9. The van der Waals surface area contributed by atoms with Gasteiger partial charge in [-0.3, -0.25) is 38.5 Å². The molecule has 3 fully saturated rings. The van der Waals surface area contributed by atoms with Gasteiger partial charge in [-0.1, -0.05) is 44.0 Å². The smallest absolute Gasteiger partial charge is 0.290 e. The number of aryl methyl sites for hydroxylation is 3. The second-order valence-corrected chi connectivity index (χ2v) is 28.1. The molecule has 4 amide bonds. The molecule has 4 N–H and O–H groups in total. The number of morpholine rings is 3. The van der Waals surface area contributed by atoms with Crippen molar-refractivity contribution >= 4 is 178 Å². The molecule has 0 spiro atoms. The summed E-state index contributed by atoms with van der Waals surface area (Å²) in [5, 5.41) is 18.6. The Morgan fingerprint density at radius 2 is 0.991 bits per heavy atom. The SMILES string of the molecule is CCc1c(-c2cc(Nc3ccc(C(=O)N4[C@@H](C)COC[C@@H]4C)cn3)c(=O)n(C)n2)ccnc1N1CCn2c(cc3c2CC(C)(C)C3)C1=O.C[C@H]1COC[C@H](C)N1C(=O)c1ccc(N)nc1.C[C@H]1COC[C@H](C)N1C(=O)c1ccc(Nc2cc(Cl)nn(C)c2=O)nc1.Cn1nc(Cl)cc(Br)c1=O.S.S.S.S.S.S. The maximum Gasteiger partial charge on any atom is 0.290 e. The Morgan fingerprint density at radius 1 is 0.561 bits per heavy atom. The van der Waals surface area contributed by atoms with Crippen LogP contribution >= 0.6 is 120 Å². The highest BCUT2D eigenvalue weighted by Gasteiger charge is 2.39. The summed E-state index contributed by atoms with van der Waals surface area (Å²) >= 11 is 14.4. The number of pyridine rings is 4. The van der Waals surface area contributed by atoms with Crippen LogP contribution in [-0.2, 0) is 61.2 Å². The summed E-state index contributed by atoms with van der Waals surface area (Å²) in [5.74, 6) is 1.64. The number of aromatic nitrogens is 11. The first-order valence-electron chi connectivity index (χ1n) is 33.1. The molecule has 0 saturated carbocycles. The predicted octanol–water partition coefficient (Wildman–Crippen LogP) is 8.99. The fourth-order valence-corrected chi connectivity index (χ4v) is 14.2. The summed E-state index contributed by atoms with van der Waals surface area (Å²) < 4.78 is 22.7. The Bertz CT molecular complexity index is 4550. The molecule has 582 valence electrons. The fraction of sp³-hybridized carbons (Fsp3) is 0.429. The van der Waals surface area contributed by atoms with E-state index in [2.05, 4.69) is 81.3 Å². The van der Waals surface area contributed by atoms with Crippen LogP contribution in [0.25, 0.3) is 11.3 Å². The first kappa shape index (κ1) is 92.2. The van der Waals surface area contributed by atoms with Gasteiger partial charge in [0, 0.05) is 81.9 Å². The minimum atomic E-state index is -0.327. The third-order valence-electron chi connectivity index (χ3n) is 17.9. The van der Waals surface area contributed by atoms with Crippen molar-refractivity contribution in [3.63, 3.8) is 0 Å². The van der Waals surface area contributed by atoms with E-state index in [4.69, 9.17) is 48.1 Å². The number of hydrogen-bond acceptors (Lipinski definition) is 20. The summed E-state index contributed by atoms with van der Waals surface area (Å²) in [6.07, 6.45) is 8.79. The molecular formula is C70H95BrCl2N18O10S6. The highest BCUT2D eigenvalue weighted by atomic mass is 79.9. The van der Waals surface area contributed by atoms with Crippen molar-refractivity contribution in [2.45, 2.75) is 124 Å². The highest BCUT2D eigenvalue weighted by Crippen LogP contribution is 2.40. The molecule has 107 heavy (non-hydrogen) atoms. The molecule has 1 aliphatic carbocycles. The van der Waals surface area contributed by atoms with Gasteiger partial charge in [0.2, 0.25) is 0 Å². The van der Waals surface area contributed by atoms with Crippen LogP contribution in [0.4, 0.5) is 34.6 Å². The predicted molar refractivity (Wildman–Crippen MR) is 450 cm³/mol. The number of fused-ring (bicyclic) bond motifs is 3. The molecule has 37 heteroatoms. The second-order valence-electron chi connectivity index (χ2n) is 26.5. The first-order chi connectivity index (χ1) is 48.0. The van der Waals surface area contributed by atoms with E-state index < -0.39 is 0 Å². The van der Waals surface area contributed by atoms with E-state index >= 15 is 0 Å². The molecule has 0 aromatic carbocycles. The molecule has 0 radical (unpaired) electrons. The van der Waals surface area contributed by atoms with Crippen LogP contribution in [0.2, 0.25) is 10.3 Å². The maximum atomic E-state index is 13.9. The average molecular weight is 1690 g/mol.